The summed E-state index contributed by atoms with van der Waals surface area (Å²) in [5.41, 5.74) is 0.936. The number of rotatable bonds is 34. The third-order valence-corrected chi connectivity index (χ3v) is 6.06. The summed E-state index contributed by atoms with van der Waals surface area (Å²) in [4.78, 5) is 23.2. The minimum Gasteiger partial charge on any atom is -0.463 e. The van der Waals surface area contributed by atoms with Crippen molar-refractivity contribution in [3.8, 4) is 0 Å². The van der Waals surface area contributed by atoms with E-state index in [0.29, 0.717) is 119 Å². The molecule has 0 aliphatic heterocycles. The van der Waals surface area contributed by atoms with Gasteiger partial charge in [-0.1, -0.05) is 56.5 Å². The Morgan fingerprint density at radius 3 is 1.41 bits per heavy atom. The lowest BCUT2D eigenvalue weighted by Gasteiger charge is -2.09. The maximum atomic E-state index is 11.6. The molecule has 1 aromatic carbocycles. The van der Waals surface area contributed by atoms with Gasteiger partial charge in [-0.05, 0) is 12.0 Å². The molecule has 0 aromatic heterocycles. The van der Waals surface area contributed by atoms with Gasteiger partial charge in [0.15, 0.2) is 0 Å². The number of ether oxygens (including phenoxy) is 10. The lowest BCUT2D eigenvalue weighted by Crippen LogP contribution is -2.28. The summed E-state index contributed by atoms with van der Waals surface area (Å²) in [5, 5.41) is 2.64. The Hall–Kier alpha value is -2.36. The van der Waals surface area contributed by atoms with Gasteiger partial charge >= 0.3 is 12.1 Å². The van der Waals surface area contributed by atoms with Crippen LogP contribution in [0.4, 0.5) is 4.79 Å². The van der Waals surface area contributed by atoms with Crippen LogP contribution in [0.1, 0.15) is 44.6 Å². The second-order valence-corrected chi connectivity index (χ2v) is 9.92. The number of hydrogen-bond donors (Lipinski definition) is 1. The second-order valence-electron chi connectivity index (χ2n) is 9.92. The van der Waals surface area contributed by atoms with Crippen molar-refractivity contribution in [3.05, 3.63) is 35.9 Å². The first-order chi connectivity index (χ1) is 22.7. The Morgan fingerprint density at radius 1 is 0.522 bits per heavy atom. The number of carbonyl (C=O) groups is 2. The van der Waals surface area contributed by atoms with E-state index in [1.54, 1.807) is 0 Å². The number of hydrogen-bond acceptors (Lipinski definition) is 12. The first-order valence-electron chi connectivity index (χ1n) is 16.4. The zero-order valence-electron chi connectivity index (χ0n) is 27.8. The molecule has 0 radical (unpaired) electrons. The Kier molecular flexibility index (Phi) is 30.8. The number of nitrogens with one attached hydrogen (secondary N) is 1. The molecule has 0 fully saturated rings. The Bertz CT molecular complexity index is 802. The summed E-state index contributed by atoms with van der Waals surface area (Å²) in [6.07, 6.45) is 4.27. The van der Waals surface area contributed by atoms with Crippen LogP contribution in [0.3, 0.4) is 0 Å². The van der Waals surface area contributed by atoms with Gasteiger partial charge in [-0.25, -0.2) is 4.79 Å². The number of esters is 1. The molecular formula is C33H57NO12. The highest BCUT2D eigenvalue weighted by Crippen LogP contribution is 2.03. The first-order valence-corrected chi connectivity index (χ1v) is 16.4. The van der Waals surface area contributed by atoms with Crippen molar-refractivity contribution in [3.63, 3.8) is 0 Å². The fourth-order valence-electron chi connectivity index (χ4n) is 3.62. The average molecular weight is 660 g/mol. The number of carbonyl (C=O) groups excluding carboxylic acids is 2. The van der Waals surface area contributed by atoms with E-state index < -0.39 is 6.09 Å². The number of alkyl carbamates (subject to hydrolysis) is 1. The van der Waals surface area contributed by atoms with Crippen molar-refractivity contribution in [2.45, 2.75) is 45.6 Å². The number of amides is 1. The van der Waals surface area contributed by atoms with Gasteiger partial charge in [0.1, 0.15) is 13.2 Å². The van der Waals surface area contributed by atoms with Crippen LogP contribution in [0.5, 0.6) is 0 Å². The van der Waals surface area contributed by atoms with E-state index in [1.165, 1.54) is 0 Å². The van der Waals surface area contributed by atoms with Crippen LogP contribution in [-0.4, -0.2) is 131 Å². The van der Waals surface area contributed by atoms with Crippen LogP contribution in [-0.2, 0) is 58.8 Å². The lowest BCUT2D eigenvalue weighted by atomic mass is 10.2. The van der Waals surface area contributed by atoms with Crippen molar-refractivity contribution >= 4 is 12.1 Å². The summed E-state index contributed by atoms with van der Waals surface area (Å²) >= 11 is 0. The molecule has 1 N–H and O–H groups in total. The Morgan fingerprint density at radius 2 is 0.957 bits per heavy atom. The molecule has 0 atom stereocenters. The van der Waals surface area contributed by atoms with Gasteiger partial charge in [0, 0.05) is 13.0 Å². The second kappa shape index (κ2) is 34.0. The molecule has 1 rings (SSSR count). The van der Waals surface area contributed by atoms with Crippen molar-refractivity contribution in [1.29, 1.82) is 0 Å². The quantitative estimate of drug-likeness (QED) is 0.0855. The van der Waals surface area contributed by atoms with Crippen LogP contribution in [0.15, 0.2) is 30.3 Å². The summed E-state index contributed by atoms with van der Waals surface area (Å²) < 4.78 is 53.8. The molecule has 0 saturated heterocycles. The fraction of sp³-hybridized carbons (Fsp3) is 0.758. The normalized spacial score (nSPS) is 11.1. The summed E-state index contributed by atoms with van der Waals surface area (Å²) in [6.45, 7) is 10.4. The zero-order valence-corrected chi connectivity index (χ0v) is 27.8. The van der Waals surface area contributed by atoms with E-state index in [0.717, 1.165) is 31.2 Å². The largest absolute Gasteiger partial charge is 0.463 e. The fourth-order valence-corrected chi connectivity index (χ4v) is 3.62. The average Bonchev–Trinajstić information content (AvgIpc) is 3.07. The van der Waals surface area contributed by atoms with Gasteiger partial charge in [-0.3, -0.25) is 4.79 Å². The summed E-state index contributed by atoms with van der Waals surface area (Å²) in [6, 6.07) is 9.50. The smallest absolute Gasteiger partial charge is 0.407 e. The monoisotopic (exact) mass is 659 g/mol. The molecule has 0 bridgehead atoms. The molecule has 266 valence electrons. The third kappa shape index (κ3) is 30.3. The first kappa shape index (κ1) is 41.7. The molecule has 0 saturated carbocycles. The van der Waals surface area contributed by atoms with Gasteiger partial charge in [-0.2, -0.15) is 0 Å². The molecule has 0 heterocycles. The maximum Gasteiger partial charge on any atom is 0.407 e. The third-order valence-electron chi connectivity index (χ3n) is 6.06. The number of benzene rings is 1. The molecule has 13 heteroatoms. The SMILES string of the molecule is CCCCCCC(=O)OCCOCCOCCOCCOCCOCCOCCOCCOCCNC(=O)OCc1ccccc1. The predicted molar refractivity (Wildman–Crippen MR) is 171 cm³/mol. The van der Waals surface area contributed by atoms with E-state index in [-0.39, 0.29) is 19.2 Å². The summed E-state index contributed by atoms with van der Waals surface area (Å²) in [7, 11) is 0. The molecule has 1 amide bonds. The van der Waals surface area contributed by atoms with Crippen LogP contribution in [0.25, 0.3) is 0 Å². The van der Waals surface area contributed by atoms with Gasteiger partial charge in [0.2, 0.25) is 0 Å². The molecule has 1 aromatic rings. The topological polar surface area (TPSA) is 138 Å². The van der Waals surface area contributed by atoms with Gasteiger partial charge < -0.3 is 52.7 Å². The van der Waals surface area contributed by atoms with E-state index in [4.69, 9.17) is 47.4 Å². The van der Waals surface area contributed by atoms with Gasteiger partial charge in [0.25, 0.3) is 0 Å². The predicted octanol–water partition coefficient (Wildman–Crippen LogP) is 3.56. The maximum absolute atomic E-state index is 11.6. The van der Waals surface area contributed by atoms with Crippen molar-refractivity contribution in [2.75, 3.05) is 119 Å². The highest BCUT2D eigenvalue weighted by Gasteiger charge is 2.03. The Balaban J connectivity index is 1.66. The molecule has 0 aliphatic carbocycles. The molecule has 46 heavy (non-hydrogen) atoms. The van der Waals surface area contributed by atoms with Gasteiger partial charge in [0.05, 0.1) is 106 Å². The van der Waals surface area contributed by atoms with Crippen LogP contribution in [0.2, 0.25) is 0 Å². The van der Waals surface area contributed by atoms with E-state index in [1.807, 2.05) is 30.3 Å². The standard InChI is InChI=1S/C33H57NO12/c1-2-3-4-8-11-32(35)45-29-28-44-27-26-43-25-24-42-23-22-41-21-20-40-19-18-39-17-16-38-15-14-37-13-12-34-33(36)46-30-31-9-6-5-7-10-31/h5-7,9-10H,2-4,8,11-30H2,1H3,(H,34,36). The van der Waals surface area contributed by atoms with E-state index in [9.17, 15) is 9.59 Å². The molecule has 0 spiro atoms. The van der Waals surface area contributed by atoms with E-state index >= 15 is 0 Å². The highest BCUT2D eigenvalue weighted by molar-refractivity contribution is 5.69. The molecular weight excluding hydrogens is 602 g/mol. The molecule has 0 unspecified atom stereocenters. The minimum absolute atomic E-state index is 0.156. The summed E-state index contributed by atoms with van der Waals surface area (Å²) in [5.74, 6) is -0.156. The molecule has 0 aliphatic rings. The van der Waals surface area contributed by atoms with E-state index in [2.05, 4.69) is 12.2 Å². The van der Waals surface area contributed by atoms with Crippen molar-refractivity contribution < 1.29 is 57.0 Å². The van der Waals surface area contributed by atoms with Crippen molar-refractivity contribution in [1.82, 2.24) is 5.32 Å². The van der Waals surface area contributed by atoms with Crippen LogP contribution < -0.4 is 5.32 Å². The van der Waals surface area contributed by atoms with Crippen LogP contribution >= 0.6 is 0 Å². The van der Waals surface area contributed by atoms with Crippen LogP contribution in [0, 0.1) is 0 Å². The lowest BCUT2D eigenvalue weighted by molar-refractivity contribution is -0.145. The Labute approximate surface area is 274 Å². The molecule has 13 nitrogen and oxygen atoms in total. The van der Waals surface area contributed by atoms with Gasteiger partial charge in [-0.15, -0.1) is 0 Å². The zero-order chi connectivity index (χ0) is 33.0. The number of unbranched alkanes of at least 4 members (excludes halogenated alkanes) is 3. The minimum atomic E-state index is -0.471. The highest BCUT2D eigenvalue weighted by atomic mass is 16.6. The van der Waals surface area contributed by atoms with Crippen molar-refractivity contribution in [2.24, 2.45) is 0 Å².